The fourth-order valence-corrected chi connectivity index (χ4v) is 4.84. The minimum atomic E-state index is -3.99. The van der Waals surface area contributed by atoms with Crippen LogP contribution in [0.5, 0.6) is 11.5 Å². The Hall–Kier alpha value is -3.92. The van der Waals surface area contributed by atoms with E-state index in [0.717, 1.165) is 8.61 Å². The number of hydrogen-bond acceptors (Lipinski definition) is 4. The summed E-state index contributed by atoms with van der Waals surface area (Å²) in [6.07, 6.45) is 0. The van der Waals surface area contributed by atoms with E-state index in [4.69, 9.17) is 16.3 Å². The molecule has 0 bridgehead atoms. The van der Waals surface area contributed by atoms with E-state index in [1.807, 2.05) is 18.2 Å². The summed E-state index contributed by atoms with van der Waals surface area (Å²) in [5.74, 6) is -0.0608. The Morgan fingerprint density at radius 2 is 1.58 bits per heavy atom. The second-order valence-electron chi connectivity index (χ2n) is 8.45. The molecule has 0 aliphatic rings. The number of halogens is 2. The SMILES string of the molecule is CN(C)S(=O)(=O)N(Cc1ccc(C(=O)Nc2cc(Cl)ccc2Oc2ccccc2)cc1)c1ccccc1F. The van der Waals surface area contributed by atoms with Crippen molar-refractivity contribution in [1.29, 1.82) is 0 Å². The van der Waals surface area contributed by atoms with Gasteiger partial charge in [-0.1, -0.05) is 54.1 Å². The monoisotopic (exact) mass is 553 g/mol. The predicted molar refractivity (Wildman–Crippen MR) is 148 cm³/mol. The van der Waals surface area contributed by atoms with Crippen LogP contribution in [0.3, 0.4) is 0 Å². The second-order valence-corrected chi connectivity index (χ2v) is 11.0. The molecular weight excluding hydrogens is 529 g/mol. The minimum absolute atomic E-state index is 0.0741. The van der Waals surface area contributed by atoms with Gasteiger partial charge >= 0.3 is 10.2 Å². The molecule has 0 spiro atoms. The molecule has 196 valence electrons. The molecule has 0 unspecified atom stereocenters. The number of carbonyl (C=O) groups excluding carboxylic acids is 1. The Morgan fingerprint density at radius 1 is 0.921 bits per heavy atom. The first-order chi connectivity index (χ1) is 18.1. The molecule has 0 aliphatic heterocycles. The fourth-order valence-electron chi connectivity index (χ4n) is 3.57. The number of amides is 1. The summed E-state index contributed by atoms with van der Waals surface area (Å²) in [6, 6.07) is 26.1. The lowest BCUT2D eigenvalue weighted by Gasteiger charge is -2.27. The van der Waals surface area contributed by atoms with Crippen molar-refractivity contribution in [3.63, 3.8) is 0 Å². The van der Waals surface area contributed by atoms with Crippen LogP contribution in [-0.2, 0) is 16.8 Å². The van der Waals surface area contributed by atoms with E-state index in [1.54, 1.807) is 60.7 Å². The Morgan fingerprint density at radius 3 is 2.24 bits per heavy atom. The van der Waals surface area contributed by atoms with E-state index >= 15 is 0 Å². The van der Waals surface area contributed by atoms with Crippen LogP contribution in [0, 0.1) is 5.82 Å². The van der Waals surface area contributed by atoms with E-state index in [0.29, 0.717) is 33.3 Å². The first-order valence-electron chi connectivity index (χ1n) is 11.5. The lowest BCUT2D eigenvalue weighted by molar-refractivity contribution is 0.102. The molecule has 0 saturated carbocycles. The smallest absolute Gasteiger partial charge is 0.303 e. The number of carbonyl (C=O) groups is 1. The van der Waals surface area contributed by atoms with Crippen LogP contribution in [0.4, 0.5) is 15.8 Å². The van der Waals surface area contributed by atoms with Gasteiger partial charge in [0.1, 0.15) is 11.6 Å². The van der Waals surface area contributed by atoms with Gasteiger partial charge < -0.3 is 10.1 Å². The normalized spacial score (nSPS) is 11.3. The lowest BCUT2D eigenvalue weighted by atomic mass is 10.1. The van der Waals surface area contributed by atoms with E-state index in [-0.39, 0.29) is 12.2 Å². The molecule has 0 atom stereocenters. The zero-order valence-electron chi connectivity index (χ0n) is 20.6. The number of hydrogen-bond donors (Lipinski definition) is 1. The van der Waals surface area contributed by atoms with E-state index in [1.165, 1.54) is 32.3 Å². The van der Waals surface area contributed by atoms with E-state index < -0.39 is 21.9 Å². The standard InChI is InChI=1S/C28H25ClFN3O4S/c1-32(2)38(35,36)33(26-11-7-6-10-24(26)30)19-20-12-14-21(15-13-20)28(34)31-25-18-22(29)16-17-27(25)37-23-8-4-3-5-9-23/h3-18H,19H2,1-2H3,(H,31,34). The summed E-state index contributed by atoms with van der Waals surface area (Å²) in [6.45, 7) is -0.132. The molecule has 7 nitrogen and oxygen atoms in total. The Labute approximate surface area is 226 Å². The van der Waals surface area contributed by atoms with Gasteiger partial charge in [0.25, 0.3) is 5.91 Å². The van der Waals surface area contributed by atoms with Crippen molar-refractivity contribution in [2.45, 2.75) is 6.54 Å². The first kappa shape index (κ1) is 27.1. The van der Waals surface area contributed by atoms with Gasteiger partial charge in [-0.25, -0.2) is 4.39 Å². The molecule has 10 heteroatoms. The molecular formula is C28H25ClFN3O4S. The average Bonchev–Trinajstić information content (AvgIpc) is 2.90. The van der Waals surface area contributed by atoms with Crippen LogP contribution in [0.25, 0.3) is 0 Å². The number of ether oxygens (including phenoxy) is 1. The summed E-state index contributed by atoms with van der Waals surface area (Å²) < 4.78 is 48.3. The topological polar surface area (TPSA) is 79.0 Å². The van der Waals surface area contributed by atoms with Crippen molar-refractivity contribution in [3.8, 4) is 11.5 Å². The van der Waals surface area contributed by atoms with Crippen molar-refractivity contribution in [2.75, 3.05) is 23.7 Å². The van der Waals surface area contributed by atoms with Gasteiger partial charge in [0.05, 0.1) is 17.9 Å². The van der Waals surface area contributed by atoms with Crippen LogP contribution < -0.4 is 14.4 Å². The van der Waals surface area contributed by atoms with Gasteiger partial charge in [-0.05, 0) is 60.2 Å². The van der Waals surface area contributed by atoms with Crippen molar-refractivity contribution >= 4 is 39.1 Å². The zero-order chi connectivity index (χ0) is 27.3. The maximum atomic E-state index is 14.5. The summed E-state index contributed by atoms with van der Waals surface area (Å²) in [4.78, 5) is 13.0. The van der Waals surface area contributed by atoms with Crippen LogP contribution >= 0.6 is 11.6 Å². The summed E-state index contributed by atoms with van der Waals surface area (Å²) in [5, 5.41) is 3.23. The Balaban J connectivity index is 1.54. The van der Waals surface area contributed by atoms with Crippen LogP contribution in [0.15, 0.2) is 97.1 Å². The molecule has 0 aliphatic carbocycles. The summed E-state index contributed by atoms with van der Waals surface area (Å²) in [5.41, 5.74) is 1.20. The van der Waals surface area contributed by atoms with Crippen molar-refractivity contribution in [1.82, 2.24) is 4.31 Å². The van der Waals surface area contributed by atoms with Gasteiger partial charge in [-0.3, -0.25) is 9.10 Å². The van der Waals surface area contributed by atoms with Gasteiger partial charge in [0.2, 0.25) is 0 Å². The molecule has 0 heterocycles. The highest BCUT2D eigenvalue weighted by atomic mass is 35.5. The maximum Gasteiger partial charge on any atom is 0.303 e. The van der Waals surface area contributed by atoms with Gasteiger partial charge in [-0.2, -0.15) is 12.7 Å². The average molecular weight is 554 g/mol. The van der Waals surface area contributed by atoms with Crippen molar-refractivity contribution in [3.05, 3.63) is 119 Å². The lowest BCUT2D eigenvalue weighted by Crippen LogP contribution is -2.40. The molecule has 0 aromatic heterocycles. The maximum absolute atomic E-state index is 14.5. The van der Waals surface area contributed by atoms with Gasteiger partial charge in [-0.15, -0.1) is 0 Å². The molecule has 0 saturated heterocycles. The van der Waals surface area contributed by atoms with Crippen LogP contribution in [-0.4, -0.2) is 32.7 Å². The number of nitrogens with zero attached hydrogens (tertiary/aromatic N) is 2. The highest BCUT2D eigenvalue weighted by Gasteiger charge is 2.27. The van der Waals surface area contributed by atoms with E-state index in [2.05, 4.69) is 5.32 Å². The Bertz CT molecular complexity index is 1530. The third-order valence-corrected chi connectivity index (χ3v) is 7.61. The number of rotatable bonds is 9. The number of para-hydroxylation sites is 2. The zero-order valence-corrected chi connectivity index (χ0v) is 22.2. The highest BCUT2D eigenvalue weighted by Crippen LogP contribution is 2.32. The molecule has 4 aromatic carbocycles. The number of anilines is 2. The second kappa shape index (κ2) is 11.6. The fraction of sp³-hybridized carbons (Fsp3) is 0.107. The Kier molecular flexibility index (Phi) is 8.31. The molecule has 4 aromatic rings. The molecule has 38 heavy (non-hydrogen) atoms. The van der Waals surface area contributed by atoms with Crippen molar-refractivity contribution < 1.29 is 22.3 Å². The third kappa shape index (κ3) is 6.31. The third-order valence-electron chi connectivity index (χ3n) is 5.56. The molecule has 4 rings (SSSR count). The highest BCUT2D eigenvalue weighted by molar-refractivity contribution is 7.90. The molecule has 1 N–H and O–H groups in total. The largest absolute Gasteiger partial charge is 0.455 e. The van der Waals surface area contributed by atoms with Gasteiger partial charge in [0.15, 0.2) is 5.75 Å². The first-order valence-corrected chi connectivity index (χ1v) is 13.3. The van der Waals surface area contributed by atoms with Crippen molar-refractivity contribution in [2.24, 2.45) is 0 Å². The van der Waals surface area contributed by atoms with Crippen LogP contribution in [0.1, 0.15) is 15.9 Å². The molecule has 0 fully saturated rings. The molecule has 0 radical (unpaired) electrons. The van der Waals surface area contributed by atoms with Gasteiger partial charge in [0, 0.05) is 24.7 Å². The summed E-state index contributed by atoms with van der Waals surface area (Å²) >= 11 is 6.15. The number of benzene rings is 4. The minimum Gasteiger partial charge on any atom is -0.455 e. The van der Waals surface area contributed by atoms with E-state index in [9.17, 15) is 17.6 Å². The molecule has 1 amide bonds. The summed E-state index contributed by atoms with van der Waals surface area (Å²) in [7, 11) is -1.24. The quantitative estimate of drug-likeness (QED) is 0.262. The number of nitrogens with one attached hydrogen (secondary N) is 1. The predicted octanol–water partition coefficient (Wildman–Crippen LogP) is 6.34. The van der Waals surface area contributed by atoms with Crippen LogP contribution in [0.2, 0.25) is 5.02 Å².